The first-order valence-electron chi connectivity index (χ1n) is 24.2. The van der Waals surface area contributed by atoms with E-state index in [4.69, 9.17) is 19.9 Å². The van der Waals surface area contributed by atoms with Gasteiger partial charge in [0.05, 0.1) is 24.1 Å². The Kier molecular flexibility index (Phi) is 21.0. The van der Waals surface area contributed by atoms with E-state index in [0.717, 1.165) is 44.1 Å². The van der Waals surface area contributed by atoms with E-state index in [2.05, 4.69) is 28.2 Å². The molecule has 0 saturated carbocycles. The number of nitrogens with two attached hydrogens (primary N) is 1. The molecule has 0 fully saturated rings. The number of benzene rings is 4. The molecular formula is C53H68N6O11. The van der Waals surface area contributed by atoms with Crippen molar-refractivity contribution in [2.75, 3.05) is 7.11 Å². The van der Waals surface area contributed by atoms with Crippen LogP contribution in [0, 0.1) is 16.0 Å². The fourth-order valence-electron chi connectivity index (χ4n) is 8.35. The van der Waals surface area contributed by atoms with Gasteiger partial charge in [-0.15, -0.1) is 0 Å². The Morgan fingerprint density at radius 1 is 0.857 bits per heavy atom. The highest BCUT2D eigenvalue weighted by molar-refractivity contribution is 5.94. The molecule has 2 heterocycles. The van der Waals surface area contributed by atoms with E-state index in [-0.39, 0.29) is 65.9 Å². The van der Waals surface area contributed by atoms with E-state index in [0.29, 0.717) is 18.4 Å². The number of ether oxygens (including phenoxy) is 3. The van der Waals surface area contributed by atoms with Crippen LogP contribution in [-0.4, -0.2) is 70.9 Å². The standard InChI is InChI=1S/C53H68N6O11/c1-5-6-7-8-9-10-11-12-19-24-46(60)57-48(53(64)65)47-38-31-44(69-33-36-22-17-14-18-23-36)49(68-4)45(32-38)70-43-26-25-37(30-42(43)59(66)67)29-41(55-50(61)39(54)27-34(2)3)51(62)56-40(52(63)58-47)28-35-20-15-13-16-21-35/h13-18,20-23,25-26,30-32,34,39-41,47-48H,5-12,19,24,27-29,33,54H2,1-4H3,(H,55,61)(H,56,62)(H,57,60)(H,58,63)(H,64,65)/t39-,40-,41+,47-,48-/m1/s1. The van der Waals surface area contributed by atoms with E-state index in [1.807, 2.05) is 44.2 Å². The SMILES string of the molecule is CCCCCCCCCCCC(=O)N[C@@H](C(=O)O)[C@@H]1NC(=O)[C@@H](Cc2ccccc2)NC(=O)[C@@H](NC(=O)[C@H](N)CC(C)C)Cc2ccc(c([N+](=O)[O-])c2)Oc2cc1cc(OCc1ccccc1)c2OC. The number of unbranched alkanes of at least 4 members (excludes halogenated alkanes) is 8. The summed E-state index contributed by atoms with van der Waals surface area (Å²) < 4.78 is 18.4. The molecule has 376 valence electrons. The highest BCUT2D eigenvalue weighted by Gasteiger charge is 2.37. The number of methoxy groups -OCH3 is 1. The highest BCUT2D eigenvalue weighted by Crippen LogP contribution is 2.45. The van der Waals surface area contributed by atoms with Crippen molar-refractivity contribution in [2.24, 2.45) is 11.7 Å². The number of nitrogens with zero attached hydrogens (tertiary/aromatic N) is 1. The van der Waals surface area contributed by atoms with Gasteiger partial charge in [0.25, 0.3) is 0 Å². The van der Waals surface area contributed by atoms with E-state index in [1.54, 1.807) is 30.3 Å². The number of rotatable bonds is 24. The van der Waals surface area contributed by atoms with Crippen molar-refractivity contribution in [2.45, 2.75) is 141 Å². The van der Waals surface area contributed by atoms with Gasteiger partial charge in [-0.1, -0.05) is 139 Å². The second kappa shape index (κ2) is 27.2. The van der Waals surface area contributed by atoms with E-state index in [9.17, 15) is 39.2 Å². The molecule has 5 atom stereocenters. The Bertz CT molecular complexity index is 2380. The van der Waals surface area contributed by atoms with Gasteiger partial charge in [-0.25, -0.2) is 4.79 Å². The van der Waals surface area contributed by atoms with Gasteiger partial charge in [0.1, 0.15) is 18.7 Å². The van der Waals surface area contributed by atoms with Crippen LogP contribution in [0.25, 0.3) is 0 Å². The number of carbonyl (C=O) groups excluding carboxylic acids is 4. The summed E-state index contributed by atoms with van der Waals surface area (Å²) in [6.45, 7) is 5.94. The van der Waals surface area contributed by atoms with Crippen LogP contribution < -0.4 is 41.2 Å². The Hall–Kier alpha value is -7.01. The summed E-state index contributed by atoms with van der Waals surface area (Å²) in [7, 11) is 1.34. The summed E-state index contributed by atoms with van der Waals surface area (Å²) in [4.78, 5) is 82.2. The monoisotopic (exact) mass is 964 g/mol. The highest BCUT2D eigenvalue weighted by atomic mass is 16.6. The van der Waals surface area contributed by atoms with Gasteiger partial charge < -0.3 is 46.3 Å². The molecule has 17 nitrogen and oxygen atoms in total. The number of amides is 4. The predicted octanol–water partition coefficient (Wildman–Crippen LogP) is 7.76. The molecule has 6 rings (SSSR count). The van der Waals surface area contributed by atoms with Crippen molar-refractivity contribution < 1.29 is 48.2 Å². The summed E-state index contributed by atoms with van der Waals surface area (Å²) >= 11 is 0. The van der Waals surface area contributed by atoms with Gasteiger partial charge in [-0.05, 0) is 59.2 Å². The molecule has 0 saturated heterocycles. The molecule has 0 spiro atoms. The molecule has 4 aromatic carbocycles. The quantitative estimate of drug-likeness (QED) is 0.0224. The third-order valence-corrected chi connectivity index (χ3v) is 12.1. The lowest BCUT2D eigenvalue weighted by atomic mass is 9.96. The minimum atomic E-state index is -1.81. The van der Waals surface area contributed by atoms with Gasteiger partial charge in [0.15, 0.2) is 17.5 Å². The van der Waals surface area contributed by atoms with E-state index >= 15 is 0 Å². The molecule has 17 heteroatoms. The minimum absolute atomic E-state index is 0.00490. The molecule has 2 aliphatic heterocycles. The lowest BCUT2D eigenvalue weighted by Crippen LogP contribution is -2.58. The molecule has 0 unspecified atom stereocenters. The van der Waals surface area contributed by atoms with Crippen molar-refractivity contribution in [3.63, 3.8) is 0 Å². The summed E-state index contributed by atoms with van der Waals surface area (Å²) in [5, 5.41) is 34.7. The van der Waals surface area contributed by atoms with Crippen LogP contribution in [-0.2, 0) is 43.4 Å². The molecule has 0 aliphatic carbocycles. The fourth-order valence-corrected chi connectivity index (χ4v) is 8.35. The van der Waals surface area contributed by atoms with Crippen molar-refractivity contribution in [3.8, 4) is 23.0 Å². The second-order valence-corrected chi connectivity index (χ2v) is 18.2. The normalized spacial score (nSPS) is 16.8. The summed E-state index contributed by atoms with van der Waals surface area (Å²) in [6, 6.07) is 17.6. The van der Waals surface area contributed by atoms with Gasteiger partial charge >= 0.3 is 11.7 Å². The Morgan fingerprint density at radius 2 is 1.50 bits per heavy atom. The summed E-state index contributed by atoms with van der Waals surface area (Å²) in [5.41, 5.74) is 7.43. The van der Waals surface area contributed by atoms with Gasteiger partial charge in [-0.3, -0.25) is 29.3 Å². The molecule has 2 aliphatic rings. The smallest absolute Gasteiger partial charge is 0.328 e. The molecule has 4 bridgehead atoms. The first-order chi connectivity index (χ1) is 33.7. The summed E-state index contributed by atoms with van der Waals surface area (Å²) in [5.74, 6) is -4.74. The third kappa shape index (κ3) is 16.3. The van der Waals surface area contributed by atoms with Gasteiger partial charge in [0, 0.05) is 25.3 Å². The van der Waals surface area contributed by atoms with Gasteiger partial charge in [-0.2, -0.15) is 0 Å². The van der Waals surface area contributed by atoms with Crippen LogP contribution in [0.15, 0.2) is 91.0 Å². The zero-order valence-electron chi connectivity index (χ0n) is 40.6. The third-order valence-electron chi connectivity index (χ3n) is 12.1. The lowest BCUT2D eigenvalue weighted by molar-refractivity contribution is -0.385. The number of carboxylic acids is 1. The van der Waals surface area contributed by atoms with Crippen molar-refractivity contribution in [1.29, 1.82) is 0 Å². The maximum atomic E-state index is 14.9. The van der Waals surface area contributed by atoms with Crippen LogP contribution in [0.4, 0.5) is 5.69 Å². The number of carbonyl (C=O) groups is 5. The Labute approximate surface area is 409 Å². The van der Waals surface area contributed by atoms with Gasteiger partial charge in [0.2, 0.25) is 35.1 Å². The van der Waals surface area contributed by atoms with E-state index < -0.39 is 70.4 Å². The lowest BCUT2D eigenvalue weighted by Gasteiger charge is -2.30. The first-order valence-corrected chi connectivity index (χ1v) is 24.2. The first kappa shape index (κ1) is 53.9. The maximum Gasteiger partial charge on any atom is 0.328 e. The molecule has 0 radical (unpaired) electrons. The average molecular weight is 965 g/mol. The number of carboxylic acid groups (broad SMARTS) is 1. The predicted molar refractivity (Wildman–Crippen MR) is 264 cm³/mol. The van der Waals surface area contributed by atoms with Crippen molar-refractivity contribution in [3.05, 3.63) is 123 Å². The number of aliphatic carboxylic acids is 1. The topological polar surface area (TPSA) is 251 Å². The van der Waals surface area contributed by atoms with Crippen LogP contribution in [0.1, 0.15) is 120 Å². The zero-order valence-corrected chi connectivity index (χ0v) is 40.6. The number of hydrogen-bond acceptors (Lipinski definition) is 11. The number of nitro benzene ring substituents is 1. The van der Waals surface area contributed by atoms with E-state index in [1.165, 1.54) is 50.3 Å². The molecule has 4 aromatic rings. The Balaban J connectivity index is 1.64. The molecular weight excluding hydrogens is 897 g/mol. The molecule has 0 aromatic heterocycles. The summed E-state index contributed by atoms with van der Waals surface area (Å²) in [6.07, 6.45) is 8.98. The zero-order chi connectivity index (χ0) is 50.6. The molecule has 7 N–H and O–H groups in total. The van der Waals surface area contributed by atoms with Crippen LogP contribution in [0.5, 0.6) is 23.0 Å². The number of fused-ring (bicyclic) bond motifs is 9. The van der Waals surface area contributed by atoms with Crippen molar-refractivity contribution in [1.82, 2.24) is 21.3 Å². The minimum Gasteiger partial charge on any atom is -0.490 e. The number of hydrogen-bond donors (Lipinski definition) is 6. The van der Waals surface area contributed by atoms with Crippen LogP contribution in [0.3, 0.4) is 0 Å². The largest absolute Gasteiger partial charge is 0.490 e. The van der Waals surface area contributed by atoms with Crippen LogP contribution in [0.2, 0.25) is 0 Å². The van der Waals surface area contributed by atoms with Crippen molar-refractivity contribution >= 4 is 35.3 Å². The Morgan fingerprint density at radius 3 is 2.11 bits per heavy atom. The second-order valence-electron chi connectivity index (χ2n) is 18.2. The number of nitro groups is 1. The molecule has 70 heavy (non-hydrogen) atoms. The average Bonchev–Trinajstić information content (AvgIpc) is 3.33. The maximum absolute atomic E-state index is 14.9. The fraction of sp³-hybridized carbons (Fsp3) is 0.453. The van der Waals surface area contributed by atoms with Crippen LogP contribution >= 0.6 is 0 Å². The number of nitrogens with one attached hydrogen (secondary N) is 4. The molecule has 4 amide bonds.